The van der Waals surface area contributed by atoms with Crippen molar-refractivity contribution in [1.82, 2.24) is 14.9 Å². The summed E-state index contributed by atoms with van der Waals surface area (Å²) < 4.78 is 2.14. The second-order valence-electron chi connectivity index (χ2n) is 5.06. The maximum absolute atomic E-state index is 12.1. The van der Waals surface area contributed by atoms with E-state index in [1.807, 2.05) is 36.7 Å². The van der Waals surface area contributed by atoms with E-state index in [0.717, 1.165) is 30.8 Å². The van der Waals surface area contributed by atoms with E-state index in [0.29, 0.717) is 11.4 Å². The molecule has 1 N–H and O–H groups in total. The molecule has 20 heavy (non-hydrogen) atoms. The molecule has 0 spiro atoms. The smallest absolute Gasteiger partial charge is 0.224 e. The van der Waals surface area contributed by atoms with Gasteiger partial charge in [0, 0.05) is 36.4 Å². The van der Waals surface area contributed by atoms with Crippen LogP contribution in [0.3, 0.4) is 0 Å². The van der Waals surface area contributed by atoms with E-state index < -0.39 is 0 Å². The van der Waals surface area contributed by atoms with Crippen LogP contribution in [0.25, 0.3) is 0 Å². The van der Waals surface area contributed by atoms with Crippen LogP contribution in [-0.2, 0) is 24.2 Å². The van der Waals surface area contributed by atoms with Crippen molar-refractivity contribution in [2.45, 2.75) is 31.8 Å². The van der Waals surface area contributed by atoms with Crippen molar-refractivity contribution >= 4 is 17.5 Å². The molecule has 1 aromatic heterocycles. The van der Waals surface area contributed by atoms with E-state index in [1.54, 1.807) is 0 Å². The average Bonchev–Trinajstić information content (AvgIpc) is 2.89. The molecule has 0 aliphatic carbocycles. The third-order valence-corrected chi connectivity index (χ3v) is 3.99. The highest BCUT2D eigenvalue weighted by molar-refractivity contribution is 6.31. The summed E-state index contributed by atoms with van der Waals surface area (Å²) in [5.41, 5.74) is 0.865. The Morgan fingerprint density at radius 1 is 1.45 bits per heavy atom. The number of fused-ring (bicyclic) bond motifs is 1. The van der Waals surface area contributed by atoms with Gasteiger partial charge in [0.1, 0.15) is 5.82 Å². The number of hydrogen-bond acceptors (Lipinski definition) is 2. The predicted molar refractivity (Wildman–Crippen MR) is 77.6 cm³/mol. The number of benzene rings is 1. The van der Waals surface area contributed by atoms with Crippen LogP contribution in [0, 0.1) is 0 Å². The molecule has 104 valence electrons. The molecule has 3 rings (SSSR count). The van der Waals surface area contributed by atoms with Crippen molar-refractivity contribution in [3.8, 4) is 0 Å². The molecule has 0 saturated heterocycles. The highest BCUT2D eigenvalue weighted by Crippen LogP contribution is 2.16. The maximum atomic E-state index is 12.1. The molecule has 0 fully saturated rings. The Kier molecular flexibility index (Phi) is 3.74. The molecule has 1 aromatic carbocycles. The molecule has 1 atom stereocenters. The van der Waals surface area contributed by atoms with Gasteiger partial charge in [0.25, 0.3) is 0 Å². The van der Waals surface area contributed by atoms with Gasteiger partial charge in [0.2, 0.25) is 5.91 Å². The number of aryl methyl sites for hydroxylation is 1. The minimum atomic E-state index is 0.0168. The van der Waals surface area contributed by atoms with E-state index in [-0.39, 0.29) is 11.9 Å². The molecule has 1 aliphatic heterocycles. The predicted octanol–water partition coefficient (Wildman–Crippen LogP) is 2.21. The van der Waals surface area contributed by atoms with Crippen LogP contribution in [0.2, 0.25) is 5.02 Å². The summed E-state index contributed by atoms with van der Waals surface area (Å²) in [5.74, 6) is 1.06. The van der Waals surface area contributed by atoms with E-state index in [1.165, 1.54) is 0 Å². The summed E-state index contributed by atoms with van der Waals surface area (Å²) in [6.45, 7) is 0.909. The second kappa shape index (κ2) is 5.67. The first-order chi connectivity index (χ1) is 9.72. The number of aromatic nitrogens is 2. The summed E-state index contributed by atoms with van der Waals surface area (Å²) in [4.78, 5) is 16.4. The number of nitrogens with zero attached hydrogens (tertiary/aromatic N) is 2. The van der Waals surface area contributed by atoms with Gasteiger partial charge in [-0.2, -0.15) is 0 Å². The minimum Gasteiger partial charge on any atom is -0.353 e. The third-order valence-electron chi connectivity index (χ3n) is 3.62. The van der Waals surface area contributed by atoms with E-state index in [4.69, 9.17) is 11.6 Å². The first kappa shape index (κ1) is 13.2. The van der Waals surface area contributed by atoms with E-state index in [9.17, 15) is 4.79 Å². The highest BCUT2D eigenvalue weighted by Gasteiger charge is 2.20. The van der Waals surface area contributed by atoms with Crippen molar-refractivity contribution in [3.05, 3.63) is 53.1 Å². The summed E-state index contributed by atoms with van der Waals surface area (Å²) in [5, 5.41) is 3.71. The SMILES string of the molecule is O=C(Cc1ccccc1Cl)NC1CCn2ccnc2C1. The number of carbonyl (C=O) groups excluding carboxylic acids is 1. The maximum Gasteiger partial charge on any atom is 0.224 e. The lowest BCUT2D eigenvalue weighted by Gasteiger charge is -2.24. The van der Waals surface area contributed by atoms with Crippen LogP contribution in [0.4, 0.5) is 0 Å². The highest BCUT2D eigenvalue weighted by atomic mass is 35.5. The van der Waals surface area contributed by atoms with Gasteiger partial charge in [-0.3, -0.25) is 4.79 Å². The zero-order chi connectivity index (χ0) is 13.9. The number of imidazole rings is 1. The van der Waals surface area contributed by atoms with Gasteiger partial charge in [0.15, 0.2) is 0 Å². The van der Waals surface area contributed by atoms with Crippen LogP contribution in [0.5, 0.6) is 0 Å². The molecule has 1 aliphatic rings. The zero-order valence-electron chi connectivity index (χ0n) is 11.1. The Morgan fingerprint density at radius 2 is 2.30 bits per heavy atom. The molecular weight excluding hydrogens is 274 g/mol. The zero-order valence-corrected chi connectivity index (χ0v) is 11.8. The molecule has 2 aromatic rings. The molecular formula is C15H16ClN3O. The Bertz CT molecular complexity index is 623. The van der Waals surface area contributed by atoms with Crippen molar-refractivity contribution in [1.29, 1.82) is 0 Å². The number of rotatable bonds is 3. The fourth-order valence-corrected chi connectivity index (χ4v) is 2.77. The van der Waals surface area contributed by atoms with Gasteiger partial charge >= 0.3 is 0 Å². The quantitative estimate of drug-likeness (QED) is 0.942. The average molecular weight is 290 g/mol. The van der Waals surface area contributed by atoms with Gasteiger partial charge < -0.3 is 9.88 Å². The van der Waals surface area contributed by atoms with E-state index >= 15 is 0 Å². The molecule has 1 amide bonds. The first-order valence-corrected chi connectivity index (χ1v) is 7.13. The minimum absolute atomic E-state index is 0.0168. The topological polar surface area (TPSA) is 46.9 Å². The Labute approximate surface area is 122 Å². The normalized spacial score (nSPS) is 17.6. The van der Waals surface area contributed by atoms with Crippen LogP contribution in [-0.4, -0.2) is 21.5 Å². The van der Waals surface area contributed by atoms with Crippen LogP contribution >= 0.6 is 11.6 Å². The number of nitrogens with one attached hydrogen (secondary N) is 1. The number of hydrogen-bond donors (Lipinski definition) is 1. The van der Waals surface area contributed by atoms with Crippen LogP contribution in [0.15, 0.2) is 36.7 Å². The molecule has 5 heteroatoms. The molecule has 0 bridgehead atoms. The van der Waals surface area contributed by atoms with Crippen LogP contribution < -0.4 is 5.32 Å². The fourth-order valence-electron chi connectivity index (χ4n) is 2.57. The molecule has 4 nitrogen and oxygen atoms in total. The summed E-state index contributed by atoms with van der Waals surface area (Å²) in [6, 6.07) is 7.62. The van der Waals surface area contributed by atoms with Gasteiger partial charge in [0.05, 0.1) is 6.42 Å². The van der Waals surface area contributed by atoms with Gasteiger partial charge in [-0.25, -0.2) is 4.98 Å². The van der Waals surface area contributed by atoms with Gasteiger partial charge in [-0.05, 0) is 18.1 Å². The van der Waals surface area contributed by atoms with Crippen LogP contribution in [0.1, 0.15) is 17.8 Å². The van der Waals surface area contributed by atoms with Gasteiger partial charge in [-0.1, -0.05) is 29.8 Å². The summed E-state index contributed by atoms with van der Waals surface area (Å²) in [6.07, 6.45) is 5.85. The van der Waals surface area contributed by atoms with E-state index in [2.05, 4.69) is 14.9 Å². The Morgan fingerprint density at radius 3 is 3.15 bits per heavy atom. The lowest BCUT2D eigenvalue weighted by Crippen LogP contribution is -2.40. The van der Waals surface area contributed by atoms with Crippen molar-refractivity contribution in [3.63, 3.8) is 0 Å². The van der Waals surface area contributed by atoms with Gasteiger partial charge in [-0.15, -0.1) is 0 Å². The number of carbonyl (C=O) groups is 1. The lowest BCUT2D eigenvalue weighted by atomic mass is 10.1. The second-order valence-corrected chi connectivity index (χ2v) is 5.47. The standard InChI is InChI=1S/C15H16ClN3O/c16-13-4-2-1-3-11(13)9-15(20)18-12-5-7-19-8-6-17-14(19)10-12/h1-4,6,8,12H,5,7,9-10H2,(H,18,20). The Balaban J connectivity index is 1.59. The lowest BCUT2D eigenvalue weighted by molar-refractivity contribution is -0.121. The molecule has 2 heterocycles. The number of amides is 1. The molecule has 0 radical (unpaired) electrons. The first-order valence-electron chi connectivity index (χ1n) is 6.75. The molecule has 1 unspecified atom stereocenters. The summed E-state index contributed by atoms with van der Waals surface area (Å²) in [7, 11) is 0. The Hall–Kier alpha value is -1.81. The van der Waals surface area contributed by atoms with Crippen molar-refractivity contribution in [2.24, 2.45) is 0 Å². The van der Waals surface area contributed by atoms with Crippen molar-refractivity contribution < 1.29 is 4.79 Å². The van der Waals surface area contributed by atoms with Crippen molar-refractivity contribution in [2.75, 3.05) is 0 Å². The molecule has 0 saturated carbocycles. The fraction of sp³-hybridized carbons (Fsp3) is 0.333. The summed E-state index contributed by atoms with van der Waals surface area (Å²) >= 11 is 6.07. The monoisotopic (exact) mass is 289 g/mol. The number of halogens is 1. The largest absolute Gasteiger partial charge is 0.353 e. The third kappa shape index (κ3) is 2.85.